The van der Waals surface area contributed by atoms with Crippen LogP contribution in [0.1, 0.15) is 32.8 Å². The molecule has 5 nitrogen and oxygen atoms in total. The molecule has 1 N–H and O–H groups in total. The maximum absolute atomic E-state index is 11.8. The Hall–Kier alpha value is -1.56. The molecule has 0 saturated heterocycles. The van der Waals surface area contributed by atoms with Crippen LogP contribution in [-0.2, 0) is 15.5 Å². The molecule has 0 bridgehead atoms. The van der Waals surface area contributed by atoms with Crippen molar-refractivity contribution in [3.8, 4) is 0 Å². The SMILES string of the molecule is CCCS(=O)CCOC(=O)Nc1ccc(N(CC)CC)cc1C. The van der Waals surface area contributed by atoms with Crippen LogP contribution in [0.3, 0.4) is 0 Å². The zero-order chi connectivity index (χ0) is 17.2. The van der Waals surface area contributed by atoms with Gasteiger partial charge in [-0.1, -0.05) is 6.92 Å². The predicted molar refractivity (Wildman–Crippen MR) is 97.9 cm³/mol. The normalized spacial score (nSPS) is 11.8. The third kappa shape index (κ3) is 6.60. The highest BCUT2D eigenvalue weighted by Crippen LogP contribution is 2.22. The van der Waals surface area contributed by atoms with Gasteiger partial charge < -0.3 is 9.64 Å². The highest BCUT2D eigenvalue weighted by Gasteiger charge is 2.09. The van der Waals surface area contributed by atoms with E-state index in [2.05, 4.69) is 30.1 Å². The number of anilines is 2. The number of nitrogens with one attached hydrogen (secondary N) is 1. The molecule has 0 aliphatic rings. The van der Waals surface area contributed by atoms with Gasteiger partial charge in [0, 0.05) is 41.0 Å². The number of hydrogen-bond acceptors (Lipinski definition) is 4. The van der Waals surface area contributed by atoms with E-state index in [0.717, 1.165) is 36.4 Å². The molecule has 1 aromatic rings. The maximum Gasteiger partial charge on any atom is 0.411 e. The topological polar surface area (TPSA) is 58.6 Å². The van der Waals surface area contributed by atoms with Crippen LogP contribution in [0.2, 0.25) is 0 Å². The summed E-state index contributed by atoms with van der Waals surface area (Å²) in [5.41, 5.74) is 2.86. The maximum atomic E-state index is 11.8. The molecule has 1 aromatic carbocycles. The summed E-state index contributed by atoms with van der Waals surface area (Å²) in [6, 6.07) is 5.93. The Kier molecular flexibility index (Phi) is 8.69. The van der Waals surface area contributed by atoms with Gasteiger partial charge in [0.2, 0.25) is 0 Å². The summed E-state index contributed by atoms with van der Waals surface area (Å²) in [6.45, 7) is 10.2. The molecule has 130 valence electrons. The van der Waals surface area contributed by atoms with Gasteiger partial charge >= 0.3 is 6.09 Å². The third-order valence-electron chi connectivity index (χ3n) is 3.55. The van der Waals surface area contributed by atoms with Gasteiger partial charge in [0.1, 0.15) is 6.61 Å². The van der Waals surface area contributed by atoms with Gasteiger partial charge in [0.15, 0.2) is 0 Å². The van der Waals surface area contributed by atoms with E-state index in [-0.39, 0.29) is 6.61 Å². The number of hydrogen-bond donors (Lipinski definition) is 1. The summed E-state index contributed by atoms with van der Waals surface area (Å²) < 4.78 is 16.6. The minimum atomic E-state index is -0.908. The standard InChI is InChI=1S/C17H28N2O3S/c1-5-11-23(21)12-10-22-17(20)18-16-9-8-15(13-14(16)4)19(6-2)7-3/h8-9,13H,5-7,10-12H2,1-4H3,(H,18,20). The third-order valence-corrected chi connectivity index (χ3v) is 5.04. The van der Waals surface area contributed by atoms with E-state index < -0.39 is 16.9 Å². The van der Waals surface area contributed by atoms with E-state index in [1.54, 1.807) is 0 Å². The van der Waals surface area contributed by atoms with Gasteiger partial charge in [-0.2, -0.15) is 0 Å². The van der Waals surface area contributed by atoms with Crippen LogP contribution in [0, 0.1) is 6.92 Å². The molecular formula is C17H28N2O3S. The second-order valence-electron chi connectivity index (χ2n) is 5.28. The summed E-state index contributed by atoms with van der Waals surface area (Å²) in [5.74, 6) is 1.04. The molecule has 1 unspecified atom stereocenters. The fourth-order valence-electron chi connectivity index (χ4n) is 2.28. The van der Waals surface area contributed by atoms with E-state index in [1.165, 1.54) is 0 Å². The lowest BCUT2D eigenvalue weighted by molar-refractivity contribution is 0.168. The zero-order valence-corrected chi connectivity index (χ0v) is 15.4. The van der Waals surface area contributed by atoms with Crippen molar-refractivity contribution in [1.82, 2.24) is 0 Å². The van der Waals surface area contributed by atoms with E-state index >= 15 is 0 Å². The Balaban J connectivity index is 2.53. The first-order chi connectivity index (χ1) is 11.0. The molecular weight excluding hydrogens is 312 g/mol. The van der Waals surface area contributed by atoms with Crippen molar-refractivity contribution >= 4 is 28.3 Å². The van der Waals surface area contributed by atoms with Gasteiger partial charge in [-0.05, 0) is 51.0 Å². The number of ether oxygens (including phenoxy) is 1. The first kappa shape index (κ1) is 19.5. The number of aryl methyl sites for hydroxylation is 1. The van der Waals surface area contributed by atoms with Crippen molar-refractivity contribution < 1.29 is 13.7 Å². The lowest BCUT2D eigenvalue weighted by Crippen LogP contribution is -2.22. The van der Waals surface area contributed by atoms with Crippen molar-refractivity contribution in [3.05, 3.63) is 23.8 Å². The summed E-state index contributed by atoms with van der Waals surface area (Å²) in [6.07, 6.45) is 0.369. The highest BCUT2D eigenvalue weighted by atomic mass is 32.2. The average Bonchev–Trinajstić information content (AvgIpc) is 2.51. The van der Waals surface area contributed by atoms with Crippen LogP contribution in [0.5, 0.6) is 0 Å². The number of rotatable bonds is 9. The van der Waals surface area contributed by atoms with Crippen molar-refractivity contribution in [3.63, 3.8) is 0 Å². The minimum absolute atomic E-state index is 0.176. The summed E-state index contributed by atoms with van der Waals surface area (Å²) in [4.78, 5) is 14.0. The van der Waals surface area contributed by atoms with Crippen LogP contribution in [0.25, 0.3) is 0 Å². The Bertz CT molecular complexity index is 531. The smallest absolute Gasteiger partial charge is 0.411 e. The monoisotopic (exact) mass is 340 g/mol. The Labute approximate surface area is 141 Å². The molecule has 0 fully saturated rings. The molecule has 0 aromatic heterocycles. The van der Waals surface area contributed by atoms with Crippen LogP contribution < -0.4 is 10.2 Å². The molecule has 1 rings (SSSR count). The highest BCUT2D eigenvalue weighted by molar-refractivity contribution is 7.84. The van der Waals surface area contributed by atoms with E-state index in [1.807, 2.05) is 26.0 Å². The number of amides is 1. The van der Waals surface area contributed by atoms with E-state index in [4.69, 9.17) is 4.74 Å². The predicted octanol–water partition coefficient (Wildman–Crippen LogP) is 3.55. The van der Waals surface area contributed by atoms with Crippen LogP contribution in [-0.4, -0.2) is 41.5 Å². The molecule has 0 saturated carbocycles. The summed E-state index contributed by atoms with van der Waals surface area (Å²) in [5, 5.41) is 2.74. The van der Waals surface area contributed by atoms with E-state index in [0.29, 0.717) is 11.5 Å². The summed E-state index contributed by atoms with van der Waals surface area (Å²) >= 11 is 0. The quantitative estimate of drug-likeness (QED) is 0.747. The fraction of sp³-hybridized carbons (Fsp3) is 0.588. The minimum Gasteiger partial charge on any atom is -0.448 e. The molecule has 0 spiro atoms. The Morgan fingerprint density at radius 3 is 2.48 bits per heavy atom. The summed E-state index contributed by atoms with van der Waals surface area (Å²) in [7, 11) is -0.908. The molecule has 1 amide bonds. The lowest BCUT2D eigenvalue weighted by atomic mass is 10.1. The first-order valence-corrected chi connectivity index (χ1v) is 9.64. The van der Waals surface area contributed by atoms with Crippen LogP contribution >= 0.6 is 0 Å². The average molecular weight is 340 g/mol. The number of carbonyl (C=O) groups is 1. The molecule has 23 heavy (non-hydrogen) atoms. The second-order valence-corrected chi connectivity index (χ2v) is 6.98. The first-order valence-electron chi connectivity index (χ1n) is 8.16. The number of nitrogens with zero attached hydrogens (tertiary/aromatic N) is 1. The van der Waals surface area contributed by atoms with Gasteiger partial charge in [-0.3, -0.25) is 9.53 Å². The lowest BCUT2D eigenvalue weighted by Gasteiger charge is -2.22. The molecule has 0 heterocycles. The Morgan fingerprint density at radius 2 is 1.91 bits per heavy atom. The van der Waals surface area contributed by atoms with Crippen molar-refractivity contribution in [1.29, 1.82) is 0 Å². The van der Waals surface area contributed by atoms with E-state index in [9.17, 15) is 9.00 Å². The van der Waals surface area contributed by atoms with Gasteiger partial charge in [0.05, 0.1) is 5.75 Å². The molecule has 1 atom stereocenters. The fourth-order valence-corrected chi connectivity index (χ4v) is 3.21. The molecule has 0 aliphatic carbocycles. The molecule has 0 radical (unpaired) electrons. The van der Waals surface area contributed by atoms with Gasteiger partial charge in [-0.25, -0.2) is 4.79 Å². The van der Waals surface area contributed by atoms with Crippen molar-refractivity contribution in [2.24, 2.45) is 0 Å². The Morgan fingerprint density at radius 1 is 1.22 bits per heavy atom. The largest absolute Gasteiger partial charge is 0.448 e. The second kappa shape index (κ2) is 10.3. The van der Waals surface area contributed by atoms with Crippen LogP contribution in [0.15, 0.2) is 18.2 Å². The molecule has 6 heteroatoms. The van der Waals surface area contributed by atoms with Crippen LogP contribution in [0.4, 0.5) is 16.2 Å². The van der Waals surface area contributed by atoms with Crippen molar-refractivity contribution in [2.45, 2.75) is 34.1 Å². The zero-order valence-electron chi connectivity index (χ0n) is 14.6. The molecule has 0 aliphatic heterocycles. The van der Waals surface area contributed by atoms with Gasteiger partial charge in [0.25, 0.3) is 0 Å². The van der Waals surface area contributed by atoms with Gasteiger partial charge in [-0.15, -0.1) is 0 Å². The van der Waals surface area contributed by atoms with Crippen molar-refractivity contribution in [2.75, 3.05) is 41.4 Å². The number of benzene rings is 1. The number of carbonyl (C=O) groups excluding carboxylic acids is 1.